The summed E-state index contributed by atoms with van der Waals surface area (Å²) in [6.45, 7) is 0. The van der Waals surface area contributed by atoms with Crippen molar-refractivity contribution in [2.75, 3.05) is 0 Å². The second kappa shape index (κ2) is 6.80. The van der Waals surface area contributed by atoms with Gasteiger partial charge in [0.15, 0.2) is 11.6 Å². The molecule has 0 N–H and O–H groups in total. The predicted molar refractivity (Wildman–Crippen MR) is 98.0 cm³/mol. The lowest BCUT2D eigenvalue weighted by atomic mass is 10.1. The number of furan rings is 1. The Balaban J connectivity index is 1.74. The van der Waals surface area contributed by atoms with Gasteiger partial charge in [-0.25, -0.2) is 9.97 Å². The fraction of sp³-hybridized carbons (Fsp3) is 0.0500. The van der Waals surface area contributed by atoms with Gasteiger partial charge in [0.1, 0.15) is 5.03 Å². The number of nitrogens with zero attached hydrogens (tertiary/aromatic N) is 3. The van der Waals surface area contributed by atoms with E-state index in [0.717, 1.165) is 21.5 Å². The quantitative estimate of drug-likeness (QED) is 0.383. The van der Waals surface area contributed by atoms with Crippen LogP contribution >= 0.6 is 11.8 Å². The second-order valence-corrected chi connectivity index (χ2v) is 6.37. The highest BCUT2D eigenvalue weighted by molar-refractivity contribution is 7.98. The van der Waals surface area contributed by atoms with Crippen LogP contribution in [0.5, 0.6) is 0 Å². The van der Waals surface area contributed by atoms with E-state index in [1.54, 1.807) is 18.0 Å². The standard InChI is InChI=1S/C20H13N3OS/c21-12-14-6-1-2-7-15(14)13-25-20-16-8-3-4-9-17(16)22-19(23-20)18-10-5-11-24-18/h1-11H,13H2. The van der Waals surface area contributed by atoms with Crippen molar-refractivity contribution in [2.24, 2.45) is 0 Å². The fourth-order valence-electron chi connectivity index (χ4n) is 2.57. The summed E-state index contributed by atoms with van der Waals surface area (Å²) in [4.78, 5) is 9.29. The van der Waals surface area contributed by atoms with Gasteiger partial charge in [0.2, 0.25) is 0 Å². The van der Waals surface area contributed by atoms with Crippen molar-refractivity contribution < 1.29 is 4.42 Å². The smallest absolute Gasteiger partial charge is 0.197 e. The Labute approximate surface area is 149 Å². The largest absolute Gasteiger partial charge is 0.461 e. The summed E-state index contributed by atoms with van der Waals surface area (Å²) < 4.78 is 5.45. The highest BCUT2D eigenvalue weighted by Gasteiger charge is 2.12. The van der Waals surface area contributed by atoms with Crippen LogP contribution in [0.25, 0.3) is 22.5 Å². The molecular weight excluding hydrogens is 330 g/mol. The molecule has 0 fully saturated rings. The van der Waals surface area contributed by atoms with Crippen LogP contribution in [0, 0.1) is 11.3 Å². The summed E-state index contributed by atoms with van der Waals surface area (Å²) in [6, 6.07) is 21.5. The molecule has 0 aliphatic rings. The number of nitriles is 1. The Kier molecular flexibility index (Phi) is 4.19. The summed E-state index contributed by atoms with van der Waals surface area (Å²) in [6.07, 6.45) is 1.61. The van der Waals surface area contributed by atoms with Gasteiger partial charge in [0, 0.05) is 11.1 Å². The Hall–Kier alpha value is -3.10. The molecule has 25 heavy (non-hydrogen) atoms. The first-order valence-electron chi connectivity index (χ1n) is 7.76. The third kappa shape index (κ3) is 3.12. The van der Waals surface area contributed by atoms with Crippen LogP contribution in [-0.4, -0.2) is 9.97 Å². The molecule has 0 aliphatic carbocycles. The lowest BCUT2D eigenvalue weighted by Gasteiger charge is -2.08. The van der Waals surface area contributed by atoms with Gasteiger partial charge in [-0.1, -0.05) is 36.4 Å². The molecule has 0 aliphatic heterocycles. The van der Waals surface area contributed by atoms with Crippen molar-refractivity contribution >= 4 is 22.7 Å². The Morgan fingerprint density at radius 2 is 1.80 bits per heavy atom. The zero-order chi connectivity index (χ0) is 17.1. The van der Waals surface area contributed by atoms with E-state index in [2.05, 4.69) is 16.0 Å². The molecule has 4 rings (SSSR count). The van der Waals surface area contributed by atoms with Crippen molar-refractivity contribution in [1.29, 1.82) is 5.26 Å². The number of hydrogen-bond donors (Lipinski definition) is 0. The third-order valence-corrected chi connectivity index (χ3v) is 4.85. The summed E-state index contributed by atoms with van der Waals surface area (Å²) >= 11 is 1.60. The molecule has 5 heteroatoms. The highest BCUT2D eigenvalue weighted by atomic mass is 32.2. The number of fused-ring (bicyclic) bond motifs is 1. The molecule has 0 bridgehead atoms. The first kappa shape index (κ1) is 15.4. The number of rotatable bonds is 4. The van der Waals surface area contributed by atoms with Crippen LogP contribution < -0.4 is 0 Å². The molecule has 0 saturated heterocycles. The van der Waals surface area contributed by atoms with E-state index >= 15 is 0 Å². The number of benzene rings is 2. The molecule has 0 unspecified atom stereocenters. The summed E-state index contributed by atoms with van der Waals surface area (Å²) in [5.41, 5.74) is 2.57. The van der Waals surface area contributed by atoms with E-state index in [0.29, 0.717) is 22.9 Å². The average Bonchev–Trinajstić information content (AvgIpc) is 3.21. The lowest BCUT2D eigenvalue weighted by molar-refractivity contribution is 0.577. The van der Waals surface area contributed by atoms with Gasteiger partial charge in [-0.2, -0.15) is 5.26 Å². The first-order valence-corrected chi connectivity index (χ1v) is 8.75. The van der Waals surface area contributed by atoms with Gasteiger partial charge in [-0.3, -0.25) is 0 Å². The third-order valence-electron chi connectivity index (χ3n) is 3.81. The summed E-state index contributed by atoms with van der Waals surface area (Å²) in [5, 5.41) is 11.1. The zero-order valence-electron chi connectivity index (χ0n) is 13.2. The number of aromatic nitrogens is 2. The molecule has 2 aromatic carbocycles. The molecule has 0 radical (unpaired) electrons. The fourth-order valence-corrected chi connectivity index (χ4v) is 3.60. The van der Waals surface area contributed by atoms with E-state index < -0.39 is 0 Å². The molecule has 0 atom stereocenters. The molecule has 2 aromatic heterocycles. The van der Waals surface area contributed by atoms with E-state index in [4.69, 9.17) is 4.42 Å². The van der Waals surface area contributed by atoms with Crippen LogP contribution in [0.2, 0.25) is 0 Å². The van der Waals surface area contributed by atoms with Crippen LogP contribution in [-0.2, 0) is 5.75 Å². The Bertz CT molecular complexity index is 1070. The molecule has 0 amide bonds. The average molecular weight is 343 g/mol. The highest BCUT2D eigenvalue weighted by Crippen LogP contribution is 2.31. The Morgan fingerprint density at radius 3 is 2.64 bits per heavy atom. The predicted octanol–water partition coefficient (Wildman–Crippen LogP) is 5.05. The zero-order valence-corrected chi connectivity index (χ0v) is 14.0. The summed E-state index contributed by atoms with van der Waals surface area (Å²) in [5.74, 6) is 1.88. The second-order valence-electron chi connectivity index (χ2n) is 5.40. The van der Waals surface area contributed by atoms with Crippen molar-refractivity contribution in [3.05, 3.63) is 78.1 Å². The van der Waals surface area contributed by atoms with E-state index in [-0.39, 0.29) is 0 Å². The molecule has 0 spiro atoms. The van der Waals surface area contributed by atoms with Gasteiger partial charge in [-0.15, -0.1) is 11.8 Å². The monoisotopic (exact) mass is 343 g/mol. The van der Waals surface area contributed by atoms with Gasteiger partial charge in [0.05, 0.1) is 23.4 Å². The molecule has 120 valence electrons. The first-order chi connectivity index (χ1) is 12.3. The van der Waals surface area contributed by atoms with Crippen molar-refractivity contribution in [3.63, 3.8) is 0 Å². The van der Waals surface area contributed by atoms with Crippen LogP contribution in [0.15, 0.2) is 76.4 Å². The molecule has 0 saturated carbocycles. The van der Waals surface area contributed by atoms with Crippen LogP contribution in [0.1, 0.15) is 11.1 Å². The van der Waals surface area contributed by atoms with Gasteiger partial charge < -0.3 is 4.42 Å². The molecule has 4 nitrogen and oxygen atoms in total. The topological polar surface area (TPSA) is 62.7 Å². The van der Waals surface area contributed by atoms with Gasteiger partial charge >= 0.3 is 0 Å². The maximum Gasteiger partial charge on any atom is 0.197 e. The van der Waals surface area contributed by atoms with Crippen LogP contribution in [0.4, 0.5) is 0 Å². The normalized spacial score (nSPS) is 10.7. The van der Waals surface area contributed by atoms with Gasteiger partial charge in [-0.05, 0) is 29.8 Å². The van der Waals surface area contributed by atoms with E-state index in [1.807, 2.05) is 60.7 Å². The number of thioether (sulfide) groups is 1. The Morgan fingerprint density at radius 1 is 0.960 bits per heavy atom. The maximum atomic E-state index is 9.26. The SMILES string of the molecule is N#Cc1ccccc1CSc1nc(-c2ccco2)nc2ccccc12. The molecule has 2 heterocycles. The molecular formula is C20H13N3OS. The minimum absolute atomic E-state index is 0.569. The van der Waals surface area contributed by atoms with Crippen molar-refractivity contribution in [2.45, 2.75) is 10.8 Å². The number of hydrogen-bond acceptors (Lipinski definition) is 5. The summed E-state index contributed by atoms with van der Waals surface area (Å²) in [7, 11) is 0. The maximum absolute atomic E-state index is 9.26. The minimum atomic E-state index is 0.569. The van der Waals surface area contributed by atoms with Crippen LogP contribution in [0.3, 0.4) is 0 Å². The van der Waals surface area contributed by atoms with Crippen molar-refractivity contribution in [3.8, 4) is 17.7 Å². The van der Waals surface area contributed by atoms with Crippen molar-refractivity contribution in [1.82, 2.24) is 9.97 Å². The minimum Gasteiger partial charge on any atom is -0.461 e. The lowest BCUT2D eigenvalue weighted by Crippen LogP contribution is -1.94. The van der Waals surface area contributed by atoms with E-state index in [1.165, 1.54) is 0 Å². The van der Waals surface area contributed by atoms with E-state index in [9.17, 15) is 5.26 Å². The van der Waals surface area contributed by atoms with Gasteiger partial charge in [0.25, 0.3) is 0 Å². The number of para-hydroxylation sites is 1. The molecule has 4 aromatic rings.